The van der Waals surface area contributed by atoms with Gasteiger partial charge in [0.2, 0.25) is 5.91 Å². The minimum absolute atomic E-state index is 0.258. The molecule has 19 heavy (non-hydrogen) atoms. The molecular formula is C15H17N3O. The zero-order valence-corrected chi connectivity index (χ0v) is 11.2. The monoisotopic (exact) mass is 255 g/mol. The van der Waals surface area contributed by atoms with Crippen LogP contribution in [-0.4, -0.2) is 15.5 Å². The lowest BCUT2D eigenvalue weighted by atomic mass is 9.93. The second-order valence-corrected chi connectivity index (χ2v) is 6.27. The maximum absolute atomic E-state index is 11.7. The normalized spacial score (nSPS) is 27.6. The third kappa shape index (κ3) is 1.29. The predicted octanol–water partition coefficient (Wildman–Crippen LogP) is 2.22. The van der Waals surface area contributed by atoms with Crippen molar-refractivity contribution in [3.05, 3.63) is 35.2 Å². The van der Waals surface area contributed by atoms with E-state index >= 15 is 0 Å². The Morgan fingerprint density at radius 3 is 2.74 bits per heavy atom. The molecule has 98 valence electrons. The Morgan fingerprint density at radius 2 is 2.21 bits per heavy atom. The fourth-order valence-electron chi connectivity index (χ4n) is 3.41. The molecule has 4 rings (SSSR count). The van der Waals surface area contributed by atoms with Gasteiger partial charge in [-0.05, 0) is 36.3 Å². The summed E-state index contributed by atoms with van der Waals surface area (Å²) in [5.41, 5.74) is 10.0. The fraction of sp³-hybridized carbons (Fsp3) is 0.467. The molecule has 0 bridgehead atoms. The molecule has 2 saturated carbocycles. The average molecular weight is 255 g/mol. The maximum atomic E-state index is 11.7. The van der Waals surface area contributed by atoms with E-state index in [4.69, 9.17) is 5.73 Å². The van der Waals surface area contributed by atoms with E-state index in [1.807, 2.05) is 16.9 Å². The largest absolute Gasteiger partial charge is 0.366 e. The lowest BCUT2D eigenvalue weighted by Crippen LogP contribution is -2.16. The van der Waals surface area contributed by atoms with Gasteiger partial charge in [0.1, 0.15) is 0 Å². The first kappa shape index (κ1) is 11.0. The van der Waals surface area contributed by atoms with Crippen molar-refractivity contribution in [3.63, 3.8) is 0 Å². The van der Waals surface area contributed by atoms with Gasteiger partial charge in [-0.25, -0.2) is 4.52 Å². The predicted molar refractivity (Wildman–Crippen MR) is 72.2 cm³/mol. The number of primary amides is 1. The molecule has 2 fully saturated rings. The summed E-state index contributed by atoms with van der Waals surface area (Å²) >= 11 is 0. The lowest BCUT2D eigenvalue weighted by molar-refractivity contribution is 0.0999. The second-order valence-electron chi connectivity index (χ2n) is 6.27. The summed E-state index contributed by atoms with van der Waals surface area (Å²) in [6.07, 6.45) is 6.40. The Balaban J connectivity index is 2.05. The summed E-state index contributed by atoms with van der Waals surface area (Å²) < 4.78 is 1.90. The molecule has 2 aliphatic rings. The number of hydrogen-bond donors (Lipinski definition) is 1. The van der Waals surface area contributed by atoms with Gasteiger partial charge in [-0.2, -0.15) is 5.10 Å². The highest BCUT2D eigenvalue weighted by molar-refractivity contribution is 5.97. The smallest absolute Gasteiger partial charge is 0.249 e. The van der Waals surface area contributed by atoms with Crippen molar-refractivity contribution in [2.45, 2.75) is 38.0 Å². The van der Waals surface area contributed by atoms with E-state index in [1.165, 1.54) is 18.4 Å². The van der Waals surface area contributed by atoms with Crippen LogP contribution in [0.3, 0.4) is 0 Å². The number of pyridine rings is 1. The molecular weight excluding hydrogens is 238 g/mol. The van der Waals surface area contributed by atoms with Crippen LogP contribution in [0.4, 0.5) is 0 Å². The topological polar surface area (TPSA) is 60.4 Å². The Bertz CT molecular complexity index is 707. The van der Waals surface area contributed by atoms with Gasteiger partial charge < -0.3 is 5.73 Å². The first-order valence-corrected chi connectivity index (χ1v) is 6.85. The van der Waals surface area contributed by atoms with Crippen molar-refractivity contribution in [2.75, 3.05) is 0 Å². The minimum Gasteiger partial charge on any atom is -0.366 e. The van der Waals surface area contributed by atoms with E-state index < -0.39 is 0 Å². The number of fused-ring (bicyclic) bond motifs is 2. The second kappa shape index (κ2) is 3.18. The van der Waals surface area contributed by atoms with Crippen molar-refractivity contribution in [2.24, 2.45) is 11.7 Å². The van der Waals surface area contributed by atoms with E-state index in [9.17, 15) is 4.79 Å². The standard InChI is InChI=1S/C15H17N3O/c1-8(2)12-10(14(16)19)3-4-18-13(12)11(7-17-18)15-5-9(15)6-15/h3-4,7-9H,5-6H2,1-2H3,(H2,16,19). The number of carbonyl (C=O) groups excluding carboxylic acids is 1. The molecule has 2 aromatic heterocycles. The highest BCUT2D eigenvalue weighted by Gasteiger charge is 2.71. The fourth-order valence-corrected chi connectivity index (χ4v) is 3.41. The van der Waals surface area contributed by atoms with Crippen molar-refractivity contribution in [1.82, 2.24) is 9.61 Å². The number of amides is 1. The molecule has 0 radical (unpaired) electrons. The molecule has 0 aromatic carbocycles. The maximum Gasteiger partial charge on any atom is 0.249 e. The minimum atomic E-state index is -0.348. The van der Waals surface area contributed by atoms with Crippen LogP contribution in [0.25, 0.3) is 5.52 Å². The number of aromatic nitrogens is 2. The summed E-state index contributed by atoms with van der Waals surface area (Å²) in [7, 11) is 0. The number of rotatable bonds is 3. The van der Waals surface area contributed by atoms with Gasteiger partial charge in [0, 0.05) is 22.7 Å². The van der Waals surface area contributed by atoms with Crippen LogP contribution in [0.1, 0.15) is 54.1 Å². The summed E-state index contributed by atoms with van der Waals surface area (Å²) in [6, 6.07) is 1.79. The molecule has 4 heteroatoms. The third-order valence-electron chi connectivity index (χ3n) is 4.78. The Morgan fingerprint density at radius 1 is 1.53 bits per heavy atom. The first-order valence-electron chi connectivity index (χ1n) is 6.85. The van der Waals surface area contributed by atoms with Crippen molar-refractivity contribution < 1.29 is 4.79 Å². The third-order valence-corrected chi connectivity index (χ3v) is 4.78. The summed E-state index contributed by atoms with van der Waals surface area (Å²) in [5.74, 6) is 0.769. The Hall–Kier alpha value is -1.84. The van der Waals surface area contributed by atoms with Crippen molar-refractivity contribution in [3.8, 4) is 0 Å². The van der Waals surface area contributed by atoms with E-state index in [2.05, 4.69) is 18.9 Å². The number of nitrogens with zero attached hydrogens (tertiary/aromatic N) is 2. The molecule has 2 aliphatic carbocycles. The Labute approximate surface area is 111 Å². The number of nitrogens with two attached hydrogens (primary N) is 1. The molecule has 0 saturated heterocycles. The highest BCUT2D eigenvalue weighted by atomic mass is 16.1. The van der Waals surface area contributed by atoms with Crippen LogP contribution >= 0.6 is 0 Å². The quantitative estimate of drug-likeness (QED) is 0.914. The van der Waals surface area contributed by atoms with E-state index in [0.29, 0.717) is 11.0 Å². The molecule has 0 atom stereocenters. The van der Waals surface area contributed by atoms with Crippen LogP contribution in [0, 0.1) is 5.92 Å². The first-order chi connectivity index (χ1) is 9.04. The lowest BCUT2D eigenvalue weighted by Gasteiger charge is -2.14. The van der Waals surface area contributed by atoms with Gasteiger partial charge in [-0.15, -0.1) is 0 Å². The van der Waals surface area contributed by atoms with Crippen molar-refractivity contribution in [1.29, 1.82) is 0 Å². The van der Waals surface area contributed by atoms with Crippen LogP contribution in [-0.2, 0) is 5.41 Å². The average Bonchev–Trinajstić information content (AvgIpc) is 3.15. The SMILES string of the molecule is CC(C)c1c(C(N)=O)ccn2ncc(C34CC3C4)c12. The van der Waals surface area contributed by atoms with Crippen LogP contribution in [0.15, 0.2) is 18.5 Å². The summed E-state index contributed by atoms with van der Waals surface area (Å²) in [5, 5.41) is 4.46. The molecule has 4 nitrogen and oxygen atoms in total. The summed E-state index contributed by atoms with van der Waals surface area (Å²) in [6.45, 7) is 4.21. The van der Waals surface area contributed by atoms with Gasteiger partial charge in [-0.1, -0.05) is 13.8 Å². The highest BCUT2D eigenvalue weighted by Crippen LogP contribution is 2.76. The van der Waals surface area contributed by atoms with E-state index in [1.54, 1.807) is 6.07 Å². The molecule has 2 aromatic rings. The van der Waals surface area contributed by atoms with E-state index in [-0.39, 0.29) is 11.8 Å². The van der Waals surface area contributed by atoms with E-state index in [0.717, 1.165) is 17.0 Å². The zero-order valence-electron chi connectivity index (χ0n) is 11.2. The van der Waals surface area contributed by atoms with Gasteiger partial charge >= 0.3 is 0 Å². The summed E-state index contributed by atoms with van der Waals surface area (Å²) in [4.78, 5) is 11.7. The van der Waals surface area contributed by atoms with Crippen LogP contribution in [0.5, 0.6) is 0 Å². The van der Waals surface area contributed by atoms with Crippen LogP contribution in [0.2, 0.25) is 0 Å². The van der Waals surface area contributed by atoms with Gasteiger partial charge in [-0.3, -0.25) is 4.79 Å². The molecule has 1 amide bonds. The molecule has 0 aliphatic heterocycles. The molecule has 2 heterocycles. The molecule has 0 spiro atoms. The molecule has 2 N–H and O–H groups in total. The zero-order chi connectivity index (χ0) is 13.4. The van der Waals surface area contributed by atoms with Gasteiger partial charge in [0.15, 0.2) is 0 Å². The Kier molecular flexibility index (Phi) is 1.85. The number of hydrogen-bond acceptors (Lipinski definition) is 2. The van der Waals surface area contributed by atoms with Crippen molar-refractivity contribution >= 4 is 11.4 Å². The number of carbonyl (C=O) groups is 1. The van der Waals surface area contributed by atoms with Gasteiger partial charge in [0.25, 0.3) is 0 Å². The molecule has 0 unspecified atom stereocenters. The van der Waals surface area contributed by atoms with Crippen LogP contribution < -0.4 is 5.73 Å². The van der Waals surface area contributed by atoms with Gasteiger partial charge in [0.05, 0.1) is 11.7 Å².